The number of hydrogen-bond acceptors (Lipinski definition) is 3. The van der Waals surface area contributed by atoms with Crippen molar-refractivity contribution in [3.05, 3.63) is 51.2 Å². The molecule has 0 radical (unpaired) electrons. The van der Waals surface area contributed by atoms with Gasteiger partial charge in [-0.3, -0.25) is 9.78 Å². The maximum absolute atomic E-state index is 12.4. The van der Waals surface area contributed by atoms with Gasteiger partial charge in [-0.05, 0) is 47.1 Å². The highest BCUT2D eigenvalue weighted by Gasteiger charge is 2.12. The smallest absolute Gasteiger partial charge is 0.257 e. The molecule has 2 N–H and O–H groups in total. The van der Waals surface area contributed by atoms with E-state index in [1.807, 2.05) is 25.1 Å². The number of nitrogens with one attached hydrogen (secondary N) is 2. The average molecular weight is 399 g/mol. The van der Waals surface area contributed by atoms with E-state index in [4.69, 9.17) is 0 Å². The Labute approximate surface area is 134 Å². The maximum atomic E-state index is 12.4. The lowest BCUT2D eigenvalue weighted by Gasteiger charge is -2.11. The molecule has 0 aliphatic heterocycles. The number of anilines is 2. The van der Waals surface area contributed by atoms with Gasteiger partial charge in [0.2, 0.25) is 0 Å². The molecule has 2 rings (SSSR count). The fourth-order valence-electron chi connectivity index (χ4n) is 1.71. The topological polar surface area (TPSA) is 54.0 Å². The average Bonchev–Trinajstić information content (AvgIpc) is 2.44. The molecule has 0 spiro atoms. The van der Waals surface area contributed by atoms with Crippen molar-refractivity contribution in [3.63, 3.8) is 0 Å². The molecule has 0 saturated heterocycles. The number of carbonyl (C=O) groups excluding carboxylic acids is 1. The summed E-state index contributed by atoms with van der Waals surface area (Å²) in [5.74, 6) is -0.179. The van der Waals surface area contributed by atoms with E-state index in [0.29, 0.717) is 11.3 Å². The van der Waals surface area contributed by atoms with E-state index in [2.05, 4.69) is 47.5 Å². The summed E-state index contributed by atoms with van der Waals surface area (Å²) in [6, 6.07) is 7.31. The molecule has 6 heteroatoms. The van der Waals surface area contributed by atoms with Gasteiger partial charge in [-0.25, -0.2) is 0 Å². The first-order chi connectivity index (χ1) is 9.61. The summed E-state index contributed by atoms with van der Waals surface area (Å²) >= 11 is 6.80. The molecule has 0 unspecified atom stereocenters. The summed E-state index contributed by atoms with van der Waals surface area (Å²) in [5.41, 5.74) is 2.00. The van der Waals surface area contributed by atoms with Gasteiger partial charge in [0.1, 0.15) is 0 Å². The van der Waals surface area contributed by atoms with Crippen LogP contribution in [0, 0.1) is 0 Å². The quantitative estimate of drug-likeness (QED) is 0.807. The summed E-state index contributed by atoms with van der Waals surface area (Å²) in [4.78, 5) is 16.4. The van der Waals surface area contributed by atoms with Gasteiger partial charge in [0.25, 0.3) is 5.91 Å². The molecule has 1 amide bonds. The largest absolute Gasteiger partial charge is 0.383 e. The summed E-state index contributed by atoms with van der Waals surface area (Å²) in [7, 11) is 0. The zero-order valence-electron chi connectivity index (χ0n) is 10.8. The van der Waals surface area contributed by atoms with Gasteiger partial charge in [0.15, 0.2) is 0 Å². The molecule has 1 aromatic heterocycles. The highest BCUT2D eigenvalue weighted by Crippen LogP contribution is 2.27. The highest BCUT2D eigenvalue weighted by molar-refractivity contribution is 9.11. The molecule has 0 aliphatic rings. The second kappa shape index (κ2) is 6.85. The van der Waals surface area contributed by atoms with Crippen LogP contribution >= 0.6 is 31.9 Å². The van der Waals surface area contributed by atoms with Crippen LogP contribution in [0.25, 0.3) is 0 Å². The predicted octanol–water partition coefficient (Wildman–Crippen LogP) is 4.29. The van der Waals surface area contributed by atoms with Crippen molar-refractivity contribution in [2.45, 2.75) is 6.92 Å². The molecule has 1 aromatic carbocycles. The van der Waals surface area contributed by atoms with Crippen molar-refractivity contribution in [2.24, 2.45) is 0 Å². The second-order valence-corrected chi connectivity index (χ2v) is 5.80. The van der Waals surface area contributed by atoms with Crippen LogP contribution in [0.1, 0.15) is 17.3 Å². The first kappa shape index (κ1) is 15.0. The summed E-state index contributed by atoms with van der Waals surface area (Å²) < 4.78 is 1.73. The number of halogens is 2. The Morgan fingerprint density at radius 2 is 2.05 bits per heavy atom. The summed E-state index contributed by atoms with van der Waals surface area (Å²) in [6.45, 7) is 2.70. The Morgan fingerprint density at radius 3 is 2.80 bits per heavy atom. The number of pyridine rings is 1. The fourth-order valence-corrected chi connectivity index (χ4v) is 2.41. The van der Waals surface area contributed by atoms with E-state index in [0.717, 1.165) is 21.2 Å². The monoisotopic (exact) mass is 397 g/mol. The van der Waals surface area contributed by atoms with Gasteiger partial charge < -0.3 is 10.6 Å². The van der Waals surface area contributed by atoms with Crippen molar-refractivity contribution in [3.8, 4) is 0 Å². The molecule has 104 valence electrons. The summed E-state index contributed by atoms with van der Waals surface area (Å²) in [6.07, 6.45) is 3.25. The Kier molecular flexibility index (Phi) is 5.14. The molecule has 0 aliphatic carbocycles. The van der Waals surface area contributed by atoms with Gasteiger partial charge in [-0.2, -0.15) is 0 Å². The Morgan fingerprint density at radius 1 is 1.25 bits per heavy atom. The third-order valence-corrected chi connectivity index (χ3v) is 3.79. The van der Waals surface area contributed by atoms with E-state index in [-0.39, 0.29) is 5.91 Å². The number of nitrogens with zero attached hydrogens (tertiary/aromatic N) is 1. The first-order valence-electron chi connectivity index (χ1n) is 6.06. The molecule has 0 bridgehead atoms. The second-order valence-electron chi connectivity index (χ2n) is 4.03. The number of rotatable bonds is 4. The molecule has 4 nitrogen and oxygen atoms in total. The normalized spacial score (nSPS) is 10.2. The van der Waals surface area contributed by atoms with Gasteiger partial charge in [0.05, 0.1) is 23.1 Å². The van der Waals surface area contributed by atoms with Crippen LogP contribution in [0.2, 0.25) is 0 Å². The Balaban J connectivity index is 2.26. The molecule has 0 atom stereocenters. The van der Waals surface area contributed by atoms with E-state index >= 15 is 0 Å². The van der Waals surface area contributed by atoms with Crippen molar-refractivity contribution < 1.29 is 4.79 Å². The van der Waals surface area contributed by atoms with Crippen LogP contribution in [0.4, 0.5) is 11.4 Å². The minimum Gasteiger partial charge on any atom is -0.383 e. The van der Waals surface area contributed by atoms with Crippen LogP contribution in [0.15, 0.2) is 45.6 Å². The number of amides is 1. The predicted molar refractivity (Wildman–Crippen MR) is 88.2 cm³/mol. The van der Waals surface area contributed by atoms with Crippen molar-refractivity contribution in [1.82, 2.24) is 4.98 Å². The minimum atomic E-state index is -0.179. The van der Waals surface area contributed by atoms with Crippen LogP contribution < -0.4 is 10.6 Å². The number of carbonyl (C=O) groups is 1. The van der Waals surface area contributed by atoms with Gasteiger partial charge in [-0.15, -0.1) is 0 Å². The molecule has 20 heavy (non-hydrogen) atoms. The molecule has 2 aromatic rings. The lowest BCUT2D eigenvalue weighted by Crippen LogP contribution is -2.15. The van der Waals surface area contributed by atoms with Gasteiger partial charge >= 0.3 is 0 Å². The third kappa shape index (κ3) is 3.58. The van der Waals surface area contributed by atoms with Crippen LogP contribution in [-0.2, 0) is 0 Å². The van der Waals surface area contributed by atoms with E-state index in [1.165, 1.54) is 0 Å². The van der Waals surface area contributed by atoms with E-state index in [1.54, 1.807) is 18.5 Å². The maximum Gasteiger partial charge on any atom is 0.257 e. The van der Waals surface area contributed by atoms with Crippen LogP contribution in [0.5, 0.6) is 0 Å². The minimum absolute atomic E-state index is 0.179. The number of benzene rings is 1. The van der Waals surface area contributed by atoms with Crippen LogP contribution in [-0.4, -0.2) is 17.4 Å². The van der Waals surface area contributed by atoms with Crippen LogP contribution in [0.3, 0.4) is 0 Å². The summed E-state index contributed by atoms with van der Waals surface area (Å²) in [5, 5.41) is 6.01. The SMILES string of the molecule is CCNc1cnccc1C(=O)Nc1cc(Br)ccc1Br. The third-order valence-electron chi connectivity index (χ3n) is 2.61. The number of hydrogen-bond donors (Lipinski definition) is 2. The molecular formula is C14H13Br2N3O. The number of aromatic nitrogens is 1. The van der Waals surface area contributed by atoms with E-state index in [9.17, 15) is 4.79 Å². The van der Waals surface area contributed by atoms with Crippen molar-refractivity contribution in [2.75, 3.05) is 17.2 Å². The first-order valence-corrected chi connectivity index (χ1v) is 7.64. The molecule has 0 fully saturated rings. The van der Waals surface area contributed by atoms with E-state index < -0.39 is 0 Å². The lowest BCUT2D eigenvalue weighted by atomic mass is 10.2. The molecule has 0 saturated carbocycles. The lowest BCUT2D eigenvalue weighted by molar-refractivity contribution is 0.102. The standard InChI is InChI=1S/C14H13Br2N3O/c1-2-18-13-8-17-6-5-10(13)14(20)19-12-7-9(15)3-4-11(12)16/h3-8,18H,2H2,1H3,(H,19,20). The van der Waals surface area contributed by atoms with Gasteiger partial charge in [-0.1, -0.05) is 15.9 Å². The van der Waals surface area contributed by atoms with Gasteiger partial charge in [0, 0.05) is 21.7 Å². The van der Waals surface area contributed by atoms with Crippen molar-refractivity contribution in [1.29, 1.82) is 0 Å². The molecular weight excluding hydrogens is 386 g/mol. The fraction of sp³-hybridized carbons (Fsp3) is 0.143. The molecule has 1 heterocycles. The van der Waals surface area contributed by atoms with Crippen molar-refractivity contribution >= 4 is 49.1 Å². The Bertz CT molecular complexity index is 632. The highest BCUT2D eigenvalue weighted by atomic mass is 79.9. The Hall–Kier alpha value is -1.40. The zero-order chi connectivity index (χ0) is 14.5. The zero-order valence-corrected chi connectivity index (χ0v) is 14.0.